The molecule has 1 aliphatic heterocycles. The molecule has 1 aliphatic rings. The lowest BCUT2D eigenvalue weighted by Gasteiger charge is -2.24. The average Bonchev–Trinajstić information content (AvgIpc) is 2.32. The molecule has 1 unspecified atom stereocenters. The van der Waals surface area contributed by atoms with Crippen molar-refractivity contribution < 1.29 is 0 Å². The van der Waals surface area contributed by atoms with Crippen LogP contribution in [-0.2, 0) is 0 Å². The smallest absolute Gasteiger partial charge is 0.0612 e. The van der Waals surface area contributed by atoms with E-state index in [1.54, 1.807) is 0 Å². The van der Waals surface area contributed by atoms with Gasteiger partial charge in [-0.3, -0.25) is 0 Å². The van der Waals surface area contributed by atoms with E-state index in [0.29, 0.717) is 16.1 Å². The Morgan fingerprint density at radius 2 is 2.12 bits per heavy atom. The monoisotopic (exact) mass is 258 g/mol. The summed E-state index contributed by atoms with van der Waals surface area (Å²) in [4.78, 5) is 0. The summed E-state index contributed by atoms with van der Waals surface area (Å²) in [5.41, 5.74) is 1.03. The largest absolute Gasteiger partial charge is 0.383 e. The van der Waals surface area contributed by atoms with Gasteiger partial charge in [0.05, 0.1) is 10.0 Å². The first-order valence-corrected chi connectivity index (χ1v) is 6.43. The Hall–Kier alpha value is -0.440. The number of rotatable bonds is 3. The second kappa shape index (κ2) is 5.76. The van der Waals surface area contributed by atoms with E-state index in [-0.39, 0.29) is 0 Å². The Labute approximate surface area is 106 Å². The summed E-state index contributed by atoms with van der Waals surface area (Å²) in [5.74, 6) is 0. The number of halogens is 2. The highest BCUT2D eigenvalue weighted by molar-refractivity contribution is 6.42. The molecule has 4 heteroatoms. The van der Waals surface area contributed by atoms with E-state index in [1.807, 2.05) is 18.2 Å². The number of piperidine rings is 1. The number of hydrogen-bond acceptors (Lipinski definition) is 2. The Morgan fingerprint density at radius 1 is 1.25 bits per heavy atom. The average molecular weight is 259 g/mol. The third-order valence-corrected chi connectivity index (χ3v) is 3.62. The van der Waals surface area contributed by atoms with Crippen LogP contribution in [0.1, 0.15) is 19.3 Å². The lowest BCUT2D eigenvalue weighted by Crippen LogP contribution is -2.39. The van der Waals surface area contributed by atoms with Crippen molar-refractivity contribution in [2.24, 2.45) is 0 Å². The highest BCUT2D eigenvalue weighted by atomic mass is 35.5. The van der Waals surface area contributed by atoms with Crippen molar-refractivity contribution in [3.63, 3.8) is 0 Å². The topological polar surface area (TPSA) is 24.1 Å². The molecule has 2 rings (SSSR count). The molecule has 0 saturated carbocycles. The standard InChI is InChI=1S/C12H16Cl2N2/c13-11-5-4-9(7-12(11)14)16-8-10-3-1-2-6-15-10/h4-5,7,10,15-16H,1-3,6,8H2. The summed E-state index contributed by atoms with van der Waals surface area (Å²) in [6.07, 6.45) is 3.86. The van der Waals surface area contributed by atoms with Gasteiger partial charge < -0.3 is 10.6 Å². The molecule has 0 spiro atoms. The molecule has 1 atom stereocenters. The summed E-state index contributed by atoms with van der Waals surface area (Å²) < 4.78 is 0. The van der Waals surface area contributed by atoms with Crippen LogP contribution in [0, 0.1) is 0 Å². The molecule has 0 bridgehead atoms. The van der Waals surface area contributed by atoms with Gasteiger partial charge in [0, 0.05) is 18.3 Å². The first kappa shape index (κ1) is 12.0. The molecule has 1 saturated heterocycles. The molecular formula is C12H16Cl2N2. The van der Waals surface area contributed by atoms with Gasteiger partial charge in [-0.25, -0.2) is 0 Å². The molecule has 88 valence electrons. The molecule has 16 heavy (non-hydrogen) atoms. The third-order valence-electron chi connectivity index (χ3n) is 2.88. The molecule has 1 fully saturated rings. The van der Waals surface area contributed by atoms with Crippen LogP contribution in [0.5, 0.6) is 0 Å². The molecule has 0 radical (unpaired) electrons. The van der Waals surface area contributed by atoms with Crippen molar-refractivity contribution in [1.82, 2.24) is 5.32 Å². The highest BCUT2D eigenvalue weighted by Gasteiger charge is 2.11. The van der Waals surface area contributed by atoms with Crippen molar-refractivity contribution in [2.75, 3.05) is 18.4 Å². The Balaban J connectivity index is 1.86. The molecule has 1 aromatic rings. The van der Waals surface area contributed by atoms with E-state index in [1.165, 1.54) is 19.3 Å². The van der Waals surface area contributed by atoms with Gasteiger partial charge >= 0.3 is 0 Å². The summed E-state index contributed by atoms with van der Waals surface area (Å²) in [5, 5.41) is 8.07. The third kappa shape index (κ3) is 3.27. The molecule has 2 nitrogen and oxygen atoms in total. The van der Waals surface area contributed by atoms with Crippen molar-refractivity contribution in [2.45, 2.75) is 25.3 Å². The van der Waals surface area contributed by atoms with Gasteiger partial charge in [-0.05, 0) is 37.6 Å². The van der Waals surface area contributed by atoms with Gasteiger partial charge in [-0.1, -0.05) is 29.6 Å². The number of anilines is 1. The Kier molecular flexibility index (Phi) is 4.33. The maximum atomic E-state index is 5.95. The molecule has 1 heterocycles. The van der Waals surface area contributed by atoms with Gasteiger partial charge in [-0.2, -0.15) is 0 Å². The van der Waals surface area contributed by atoms with E-state index in [9.17, 15) is 0 Å². The van der Waals surface area contributed by atoms with Crippen LogP contribution in [0.2, 0.25) is 10.0 Å². The van der Waals surface area contributed by atoms with Gasteiger partial charge in [0.25, 0.3) is 0 Å². The summed E-state index contributed by atoms with van der Waals surface area (Å²) in [6, 6.07) is 6.22. The lowest BCUT2D eigenvalue weighted by molar-refractivity contribution is 0.414. The van der Waals surface area contributed by atoms with Crippen molar-refractivity contribution >= 4 is 28.9 Å². The van der Waals surface area contributed by atoms with Crippen molar-refractivity contribution in [3.05, 3.63) is 28.2 Å². The lowest BCUT2D eigenvalue weighted by atomic mass is 10.1. The second-order valence-corrected chi connectivity index (χ2v) is 4.97. The minimum Gasteiger partial charge on any atom is -0.383 e. The zero-order chi connectivity index (χ0) is 11.4. The van der Waals surface area contributed by atoms with Crippen LogP contribution < -0.4 is 10.6 Å². The first-order valence-electron chi connectivity index (χ1n) is 5.68. The number of nitrogens with one attached hydrogen (secondary N) is 2. The van der Waals surface area contributed by atoms with E-state index >= 15 is 0 Å². The fourth-order valence-electron chi connectivity index (χ4n) is 1.95. The van der Waals surface area contributed by atoms with Crippen LogP contribution in [0.15, 0.2) is 18.2 Å². The zero-order valence-corrected chi connectivity index (χ0v) is 10.6. The SMILES string of the molecule is Clc1ccc(NCC2CCCCN2)cc1Cl. The predicted octanol–water partition coefficient (Wildman–Crippen LogP) is 3.55. The summed E-state index contributed by atoms with van der Waals surface area (Å²) in [6.45, 7) is 2.08. The fourth-order valence-corrected chi connectivity index (χ4v) is 2.24. The van der Waals surface area contributed by atoms with Gasteiger partial charge in [0.1, 0.15) is 0 Å². The van der Waals surface area contributed by atoms with Crippen molar-refractivity contribution in [1.29, 1.82) is 0 Å². The number of hydrogen-bond donors (Lipinski definition) is 2. The fraction of sp³-hybridized carbons (Fsp3) is 0.500. The molecule has 2 N–H and O–H groups in total. The van der Waals surface area contributed by atoms with Gasteiger partial charge in [0.15, 0.2) is 0 Å². The Bertz CT molecular complexity index is 349. The maximum Gasteiger partial charge on any atom is 0.0612 e. The number of benzene rings is 1. The Morgan fingerprint density at radius 3 is 2.81 bits per heavy atom. The van der Waals surface area contributed by atoms with Crippen molar-refractivity contribution in [3.8, 4) is 0 Å². The summed E-state index contributed by atoms with van der Waals surface area (Å²) >= 11 is 11.8. The quantitative estimate of drug-likeness (QED) is 0.867. The minimum atomic E-state index is 0.572. The van der Waals surface area contributed by atoms with Crippen LogP contribution in [0.25, 0.3) is 0 Å². The normalized spacial score (nSPS) is 20.8. The second-order valence-electron chi connectivity index (χ2n) is 4.16. The van der Waals surface area contributed by atoms with E-state index in [0.717, 1.165) is 18.8 Å². The minimum absolute atomic E-state index is 0.572. The van der Waals surface area contributed by atoms with E-state index in [4.69, 9.17) is 23.2 Å². The highest BCUT2D eigenvalue weighted by Crippen LogP contribution is 2.25. The van der Waals surface area contributed by atoms with Crippen LogP contribution >= 0.6 is 23.2 Å². The molecular weight excluding hydrogens is 243 g/mol. The van der Waals surface area contributed by atoms with Crippen LogP contribution in [0.4, 0.5) is 5.69 Å². The molecule has 0 aliphatic carbocycles. The first-order chi connectivity index (χ1) is 7.75. The van der Waals surface area contributed by atoms with E-state index < -0.39 is 0 Å². The molecule has 0 amide bonds. The summed E-state index contributed by atoms with van der Waals surface area (Å²) in [7, 11) is 0. The van der Waals surface area contributed by atoms with E-state index in [2.05, 4.69) is 10.6 Å². The van der Waals surface area contributed by atoms with Gasteiger partial charge in [0.2, 0.25) is 0 Å². The van der Waals surface area contributed by atoms with Crippen LogP contribution in [-0.4, -0.2) is 19.1 Å². The molecule has 0 aromatic heterocycles. The van der Waals surface area contributed by atoms with Gasteiger partial charge in [-0.15, -0.1) is 0 Å². The maximum absolute atomic E-state index is 5.95. The predicted molar refractivity (Wildman–Crippen MR) is 70.6 cm³/mol. The molecule has 1 aromatic carbocycles. The van der Waals surface area contributed by atoms with Crippen LogP contribution in [0.3, 0.4) is 0 Å². The zero-order valence-electron chi connectivity index (χ0n) is 9.10.